The first kappa shape index (κ1) is 13.3. The average Bonchev–Trinajstić information content (AvgIpc) is 2.37. The minimum absolute atomic E-state index is 0.0327. The van der Waals surface area contributed by atoms with Crippen molar-refractivity contribution in [2.45, 2.75) is 18.9 Å². The maximum Gasteiger partial charge on any atom is 0.337 e. The number of non-ortho nitro benzene ring substituents is 1. The molecule has 0 saturated carbocycles. The Morgan fingerprint density at radius 3 is 2.84 bits per heavy atom. The molecule has 1 aromatic carbocycles. The predicted molar refractivity (Wildman–Crippen MR) is 69.5 cm³/mol. The van der Waals surface area contributed by atoms with Gasteiger partial charge in [0, 0.05) is 31.3 Å². The zero-order valence-electron chi connectivity index (χ0n) is 10.3. The molecule has 1 aliphatic rings. The Morgan fingerprint density at radius 2 is 2.26 bits per heavy atom. The second-order valence-electron chi connectivity index (χ2n) is 4.61. The van der Waals surface area contributed by atoms with Gasteiger partial charge in [-0.05, 0) is 18.9 Å². The van der Waals surface area contributed by atoms with Crippen LogP contribution in [0.15, 0.2) is 18.2 Å². The van der Waals surface area contributed by atoms with Crippen molar-refractivity contribution < 1.29 is 14.8 Å². The molecule has 0 bridgehead atoms. The number of carbonyl (C=O) groups is 1. The van der Waals surface area contributed by atoms with E-state index in [1.165, 1.54) is 18.2 Å². The van der Waals surface area contributed by atoms with E-state index in [-0.39, 0.29) is 17.3 Å². The van der Waals surface area contributed by atoms with Gasteiger partial charge in [-0.25, -0.2) is 4.79 Å². The number of piperidine rings is 1. The predicted octanol–water partition coefficient (Wildman–Crippen LogP) is 1.22. The highest BCUT2D eigenvalue weighted by Gasteiger charge is 2.23. The first-order valence-electron chi connectivity index (χ1n) is 6.01. The molecule has 2 rings (SSSR count). The van der Waals surface area contributed by atoms with Gasteiger partial charge in [0.15, 0.2) is 0 Å². The molecule has 1 unspecified atom stereocenters. The SMILES string of the molecule is NC1CCCN(c2cc([N+](=O)[O-])ccc2C(=O)O)C1. The molecule has 7 heteroatoms. The molecule has 1 aliphatic heterocycles. The van der Waals surface area contributed by atoms with Crippen LogP contribution < -0.4 is 10.6 Å². The van der Waals surface area contributed by atoms with E-state index in [9.17, 15) is 14.9 Å². The lowest BCUT2D eigenvalue weighted by Crippen LogP contribution is -2.43. The van der Waals surface area contributed by atoms with Gasteiger partial charge in [-0.15, -0.1) is 0 Å². The van der Waals surface area contributed by atoms with E-state index in [0.29, 0.717) is 18.8 Å². The summed E-state index contributed by atoms with van der Waals surface area (Å²) in [5.74, 6) is -1.09. The summed E-state index contributed by atoms with van der Waals surface area (Å²) in [4.78, 5) is 23.3. The number of nitrogens with zero attached hydrogens (tertiary/aromatic N) is 2. The summed E-state index contributed by atoms with van der Waals surface area (Å²) in [5, 5.41) is 20.0. The molecule has 0 radical (unpaired) electrons. The molecule has 0 aliphatic carbocycles. The van der Waals surface area contributed by atoms with E-state index in [1.807, 2.05) is 4.90 Å². The van der Waals surface area contributed by atoms with Gasteiger partial charge >= 0.3 is 5.97 Å². The number of carboxylic acid groups (broad SMARTS) is 1. The van der Waals surface area contributed by atoms with E-state index in [1.54, 1.807) is 0 Å². The molecule has 1 aromatic rings. The molecule has 0 spiro atoms. The van der Waals surface area contributed by atoms with Crippen LogP contribution in [0.25, 0.3) is 0 Å². The van der Waals surface area contributed by atoms with Crippen LogP contribution in [-0.4, -0.2) is 35.1 Å². The fourth-order valence-corrected chi connectivity index (χ4v) is 2.30. The smallest absolute Gasteiger partial charge is 0.337 e. The third-order valence-electron chi connectivity index (χ3n) is 3.22. The van der Waals surface area contributed by atoms with Crippen LogP contribution in [0.2, 0.25) is 0 Å². The quantitative estimate of drug-likeness (QED) is 0.628. The van der Waals surface area contributed by atoms with Crippen LogP contribution >= 0.6 is 0 Å². The van der Waals surface area contributed by atoms with Crippen LogP contribution in [0.5, 0.6) is 0 Å². The molecule has 1 saturated heterocycles. The molecule has 1 heterocycles. The standard InChI is InChI=1S/C12H15N3O4/c13-8-2-1-5-14(7-8)11-6-9(15(18)19)3-4-10(11)12(16)17/h3-4,6,8H,1-2,5,7,13H2,(H,16,17). The Hall–Kier alpha value is -2.15. The molecule has 7 nitrogen and oxygen atoms in total. The largest absolute Gasteiger partial charge is 0.478 e. The molecular weight excluding hydrogens is 250 g/mol. The van der Waals surface area contributed by atoms with Crippen molar-refractivity contribution in [3.63, 3.8) is 0 Å². The number of nitro groups is 1. The molecule has 3 N–H and O–H groups in total. The highest BCUT2D eigenvalue weighted by molar-refractivity contribution is 5.95. The molecule has 1 fully saturated rings. The topological polar surface area (TPSA) is 110 Å². The molecule has 19 heavy (non-hydrogen) atoms. The average molecular weight is 265 g/mol. The maximum atomic E-state index is 11.2. The summed E-state index contributed by atoms with van der Waals surface area (Å²) in [6.45, 7) is 1.18. The Labute approximate surface area is 109 Å². The summed E-state index contributed by atoms with van der Waals surface area (Å²) >= 11 is 0. The number of nitrogens with two attached hydrogens (primary N) is 1. The van der Waals surface area contributed by atoms with E-state index >= 15 is 0 Å². The van der Waals surface area contributed by atoms with Gasteiger partial charge in [0.25, 0.3) is 5.69 Å². The highest BCUT2D eigenvalue weighted by Crippen LogP contribution is 2.28. The summed E-state index contributed by atoms with van der Waals surface area (Å²) in [6, 6.07) is 3.75. The van der Waals surface area contributed by atoms with Crippen molar-refractivity contribution in [1.82, 2.24) is 0 Å². The molecular formula is C12H15N3O4. The Kier molecular flexibility index (Phi) is 3.66. The Bertz CT molecular complexity index is 518. The fraction of sp³-hybridized carbons (Fsp3) is 0.417. The summed E-state index contributed by atoms with van der Waals surface area (Å²) in [6.07, 6.45) is 1.73. The van der Waals surface area contributed by atoms with Gasteiger partial charge in [0.1, 0.15) is 0 Å². The minimum atomic E-state index is -1.09. The number of benzene rings is 1. The first-order chi connectivity index (χ1) is 8.99. The van der Waals surface area contributed by atoms with E-state index in [4.69, 9.17) is 10.8 Å². The van der Waals surface area contributed by atoms with E-state index < -0.39 is 10.9 Å². The molecule has 102 valence electrons. The summed E-state index contributed by atoms with van der Waals surface area (Å²) in [7, 11) is 0. The highest BCUT2D eigenvalue weighted by atomic mass is 16.6. The maximum absolute atomic E-state index is 11.2. The monoisotopic (exact) mass is 265 g/mol. The molecule has 0 aromatic heterocycles. The number of hydrogen-bond donors (Lipinski definition) is 2. The van der Waals surface area contributed by atoms with Crippen LogP contribution in [0.1, 0.15) is 23.2 Å². The van der Waals surface area contributed by atoms with E-state index in [0.717, 1.165) is 12.8 Å². The Balaban J connectivity index is 2.42. The number of nitro benzene ring substituents is 1. The molecule has 1 atom stereocenters. The number of hydrogen-bond acceptors (Lipinski definition) is 5. The lowest BCUT2D eigenvalue weighted by atomic mass is 10.0. The van der Waals surface area contributed by atoms with Gasteiger partial charge in [0.05, 0.1) is 16.2 Å². The zero-order valence-corrected chi connectivity index (χ0v) is 10.3. The van der Waals surface area contributed by atoms with Crippen LogP contribution in [-0.2, 0) is 0 Å². The minimum Gasteiger partial charge on any atom is -0.478 e. The van der Waals surface area contributed by atoms with Gasteiger partial charge in [0.2, 0.25) is 0 Å². The lowest BCUT2D eigenvalue weighted by Gasteiger charge is -2.33. The van der Waals surface area contributed by atoms with Crippen molar-refractivity contribution in [1.29, 1.82) is 0 Å². The van der Waals surface area contributed by atoms with Crippen molar-refractivity contribution in [3.8, 4) is 0 Å². The van der Waals surface area contributed by atoms with Crippen molar-refractivity contribution in [2.75, 3.05) is 18.0 Å². The zero-order chi connectivity index (χ0) is 14.0. The second kappa shape index (κ2) is 5.23. The van der Waals surface area contributed by atoms with Crippen molar-refractivity contribution in [3.05, 3.63) is 33.9 Å². The fourth-order valence-electron chi connectivity index (χ4n) is 2.30. The van der Waals surface area contributed by atoms with Crippen molar-refractivity contribution >= 4 is 17.3 Å². The number of anilines is 1. The molecule has 0 amide bonds. The number of aromatic carboxylic acids is 1. The third kappa shape index (κ3) is 2.82. The van der Waals surface area contributed by atoms with Gasteiger partial charge in [-0.2, -0.15) is 0 Å². The van der Waals surface area contributed by atoms with Crippen molar-refractivity contribution in [2.24, 2.45) is 5.73 Å². The number of rotatable bonds is 3. The summed E-state index contributed by atoms with van der Waals surface area (Å²) < 4.78 is 0. The van der Waals surface area contributed by atoms with E-state index in [2.05, 4.69) is 0 Å². The third-order valence-corrected chi connectivity index (χ3v) is 3.22. The summed E-state index contributed by atoms with van der Waals surface area (Å²) in [5.41, 5.74) is 6.19. The van der Waals surface area contributed by atoms with Gasteiger partial charge in [-0.3, -0.25) is 10.1 Å². The Morgan fingerprint density at radius 1 is 1.53 bits per heavy atom. The second-order valence-corrected chi connectivity index (χ2v) is 4.61. The van der Waals surface area contributed by atoms with Crippen LogP contribution in [0.3, 0.4) is 0 Å². The van der Waals surface area contributed by atoms with Gasteiger partial charge in [-0.1, -0.05) is 0 Å². The normalized spacial score (nSPS) is 19.2. The van der Waals surface area contributed by atoms with Crippen LogP contribution in [0, 0.1) is 10.1 Å². The first-order valence-corrected chi connectivity index (χ1v) is 6.01. The van der Waals surface area contributed by atoms with Gasteiger partial charge < -0.3 is 15.7 Å². The van der Waals surface area contributed by atoms with Crippen LogP contribution in [0.4, 0.5) is 11.4 Å². The lowest BCUT2D eigenvalue weighted by molar-refractivity contribution is -0.384. The number of carboxylic acids is 1.